The average Bonchev–Trinajstić information content (AvgIpc) is 2.24. The molecule has 0 fully saturated rings. The molecule has 5 heteroatoms. The fraction of sp³-hybridized carbons (Fsp3) is 0.364. The number of benzene rings is 1. The molecule has 0 spiro atoms. The third kappa shape index (κ3) is 4.08. The molecule has 2 N–H and O–H groups in total. The summed E-state index contributed by atoms with van der Waals surface area (Å²) in [6, 6.07) is 4.51. The van der Waals surface area contributed by atoms with E-state index >= 15 is 0 Å². The van der Waals surface area contributed by atoms with E-state index in [1.165, 1.54) is 12.1 Å². The lowest BCUT2D eigenvalue weighted by atomic mass is 10.3. The van der Waals surface area contributed by atoms with E-state index in [2.05, 4.69) is 5.32 Å². The minimum Gasteiger partial charge on any atom is -0.506 e. The quantitative estimate of drug-likeness (QED) is 0.781. The van der Waals surface area contributed by atoms with Crippen LogP contribution >= 0.6 is 11.6 Å². The molecular formula is C11H14ClNO3. The molecule has 0 aliphatic heterocycles. The van der Waals surface area contributed by atoms with Crippen LogP contribution in [0.1, 0.15) is 13.3 Å². The van der Waals surface area contributed by atoms with Crippen molar-refractivity contribution in [3.8, 4) is 5.75 Å². The molecule has 4 nitrogen and oxygen atoms in total. The minimum atomic E-state index is -0.254. The van der Waals surface area contributed by atoms with Gasteiger partial charge in [0.2, 0.25) is 5.91 Å². The maximum Gasteiger partial charge on any atom is 0.250 e. The number of aromatic hydroxyl groups is 1. The van der Waals surface area contributed by atoms with Crippen molar-refractivity contribution in [2.75, 3.05) is 18.5 Å². The number of phenols is 1. The molecule has 88 valence electrons. The van der Waals surface area contributed by atoms with E-state index < -0.39 is 0 Å². The molecule has 0 heterocycles. The zero-order valence-electron chi connectivity index (χ0n) is 9.00. The summed E-state index contributed by atoms with van der Waals surface area (Å²) in [5.41, 5.74) is 0.493. The molecule has 1 rings (SSSR count). The molecule has 0 unspecified atom stereocenters. The molecule has 0 bridgehead atoms. The summed E-state index contributed by atoms with van der Waals surface area (Å²) in [4.78, 5) is 11.3. The van der Waals surface area contributed by atoms with Crippen LogP contribution < -0.4 is 5.32 Å². The van der Waals surface area contributed by atoms with E-state index in [0.29, 0.717) is 12.3 Å². The SMILES string of the molecule is CCCOCC(=O)Nc1ccc(Cl)c(O)c1. The summed E-state index contributed by atoms with van der Waals surface area (Å²) < 4.78 is 5.07. The van der Waals surface area contributed by atoms with Crippen LogP contribution in [-0.2, 0) is 9.53 Å². The number of amides is 1. The van der Waals surface area contributed by atoms with E-state index in [1.807, 2.05) is 6.92 Å². The number of hydrogen-bond donors (Lipinski definition) is 2. The lowest BCUT2D eigenvalue weighted by Gasteiger charge is -2.06. The summed E-state index contributed by atoms with van der Waals surface area (Å²) in [7, 11) is 0. The van der Waals surface area contributed by atoms with E-state index in [1.54, 1.807) is 6.07 Å². The van der Waals surface area contributed by atoms with Gasteiger partial charge in [0.1, 0.15) is 12.4 Å². The molecular weight excluding hydrogens is 230 g/mol. The Morgan fingerprint density at radius 1 is 1.56 bits per heavy atom. The molecule has 0 aromatic heterocycles. The fourth-order valence-corrected chi connectivity index (χ4v) is 1.21. The minimum absolute atomic E-state index is 0.0111. The number of carbonyl (C=O) groups excluding carboxylic acids is 1. The van der Waals surface area contributed by atoms with Gasteiger partial charge < -0.3 is 15.2 Å². The summed E-state index contributed by atoms with van der Waals surface area (Å²) in [5, 5.41) is 12.1. The highest BCUT2D eigenvalue weighted by atomic mass is 35.5. The lowest BCUT2D eigenvalue weighted by molar-refractivity contribution is -0.120. The van der Waals surface area contributed by atoms with Crippen molar-refractivity contribution in [1.82, 2.24) is 0 Å². The van der Waals surface area contributed by atoms with Gasteiger partial charge in [0.25, 0.3) is 0 Å². The summed E-state index contributed by atoms with van der Waals surface area (Å²) in [5.74, 6) is -0.316. The summed E-state index contributed by atoms with van der Waals surface area (Å²) in [6.45, 7) is 2.53. The monoisotopic (exact) mass is 243 g/mol. The number of hydrogen-bond acceptors (Lipinski definition) is 3. The maximum absolute atomic E-state index is 11.3. The Balaban J connectivity index is 2.46. The molecule has 0 radical (unpaired) electrons. The number of ether oxygens (including phenoxy) is 1. The van der Waals surface area contributed by atoms with Crippen LogP contribution in [0.3, 0.4) is 0 Å². The Hall–Kier alpha value is -1.26. The smallest absolute Gasteiger partial charge is 0.250 e. The Morgan fingerprint density at radius 2 is 2.31 bits per heavy atom. The van der Waals surface area contributed by atoms with Crippen LogP contribution in [0.4, 0.5) is 5.69 Å². The van der Waals surface area contributed by atoms with Gasteiger partial charge >= 0.3 is 0 Å². The number of carbonyl (C=O) groups is 1. The Kier molecular flexibility index (Phi) is 5.08. The third-order valence-electron chi connectivity index (χ3n) is 1.81. The van der Waals surface area contributed by atoms with E-state index in [4.69, 9.17) is 16.3 Å². The lowest BCUT2D eigenvalue weighted by Crippen LogP contribution is -2.18. The first-order valence-corrected chi connectivity index (χ1v) is 5.37. The Bertz CT molecular complexity index is 368. The second kappa shape index (κ2) is 6.35. The number of phenolic OH excluding ortho intramolecular Hbond substituents is 1. The predicted octanol–water partition coefficient (Wildman–Crippen LogP) is 2.41. The topological polar surface area (TPSA) is 58.6 Å². The molecule has 0 saturated heterocycles. The highest BCUT2D eigenvalue weighted by Gasteiger charge is 2.04. The zero-order valence-corrected chi connectivity index (χ0v) is 9.75. The van der Waals surface area contributed by atoms with Gasteiger partial charge in [-0.15, -0.1) is 0 Å². The first-order chi connectivity index (χ1) is 7.63. The van der Waals surface area contributed by atoms with E-state index in [-0.39, 0.29) is 23.3 Å². The van der Waals surface area contributed by atoms with E-state index in [9.17, 15) is 9.90 Å². The van der Waals surface area contributed by atoms with Crippen molar-refractivity contribution >= 4 is 23.2 Å². The fourth-order valence-electron chi connectivity index (χ4n) is 1.10. The predicted molar refractivity (Wildman–Crippen MR) is 62.9 cm³/mol. The second-order valence-electron chi connectivity index (χ2n) is 3.27. The van der Waals surface area contributed by atoms with Gasteiger partial charge in [0, 0.05) is 18.4 Å². The van der Waals surface area contributed by atoms with Crippen LogP contribution in [0.2, 0.25) is 5.02 Å². The Labute approximate surface area is 99.2 Å². The maximum atomic E-state index is 11.3. The molecule has 1 aromatic carbocycles. The van der Waals surface area contributed by atoms with Crippen LogP contribution in [0, 0.1) is 0 Å². The summed E-state index contributed by atoms with van der Waals surface area (Å²) in [6.07, 6.45) is 0.870. The van der Waals surface area contributed by atoms with Gasteiger partial charge in [0.05, 0.1) is 5.02 Å². The molecule has 0 saturated carbocycles. The van der Waals surface area contributed by atoms with Crippen LogP contribution in [-0.4, -0.2) is 24.2 Å². The highest BCUT2D eigenvalue weighted by Crippen LogP contribution is 2.25. The van der Waals surface area contributed by atoms with Crippen molar-refractivity contribution in [1.29, 1.82) is 0 Å². The van der Waals surface area contributed by atoms with Crippen LogP contribution in [0.25, 0.3) is 0 Å². The normalized spacial score (nSPS) is 10.1. The third-order valence-corrected chi connectivity index (χ3v) is 2.13. The molecule has 1 amide bonds. The van der Waals surface area contributed by atoms with Crippen LogP contribution in [0.5, 0.6) is 5.75 Å². The van der Waals surface area contributed by atoms with Gasteiger partial charge in [-0.25, -0.2) is 0 Å². The number of nitrogens with one attached hydrogen (secondary N) is 1. The largest absolute Gasteiger partial charge is 0.506 e. The van der Waals surface area contributed by atoms with Crippen molar-refractivity contribution in [2.24, 2.45) is 0 Å². The average molecular weight is 244 g/mol. The van der Waals surface area contributed by atoms with Gasteiger partial charge in [0.15, 0.2) is 0 Å². The number of halogens is 1. The first-order valence-electron chi connectivity index (χ1n) is 4.99. The van der Waals surface area contributed by atoms with Crippen molar-refractivity contribution in [2.45, 2.75) is 13.3 Å². The molecule has 0 aliphatic rings. The first kappa shape index (κ1) is 12.8. The highest BCUT2D eigenvalue weighted by molar-refractivity contribution is 6.32. The molecule has 1 aromatic rings. The molecule has 0 atom stereocenters. The molecule has 16 heavy (non-hydrogen) atoms. The van der Waals surface area contributed by atoms with Crippen LogP contribution in [0.15, 0.2) is 18.2 Å². The zero-order chi connectivity index (χ0) is 12.0. The van der Waals surface area contributed by atoms with E-state index in [0.717, 1.165) is 6.42 Å². The van der Waals surface area contributed by atoms with Crippen molar-refractivity contribution in [3.63, 3.8) is 0 Å². The van der Waals surface area contributed by atoms with Crippen molar-refractivity contribution < 1.29 is 14.6 Å². The second-order valence-corrected chi connectivity index (χ2v) is 3.67. The summed E-state index contributed by atoms with van der Waals surface area (Å²) >= 11 is 5.63. The van der Waals surface area contributed by atoms with Gasteiger partial charge in [-0.2, -0.15) is 0 Å². The standard InChI is InChI=1S/C11H14ClNO3/c1-2-5-16-7-11(15)13-8-3-4-9(12)10(14)6-8/h3-4,6,14H,2,5,7H2,1H3,(H,13,15). The van der Waals surface area contributed by atoms with Crippen molar-refractivity contribution in [3.05, 3.63) is 23.2 Å². The van der Waals surface area contributed by atoms with Gasteiger partial charge in [-0.1, -0.05) is 18.5 Å². The number of anilines is 1. The van der Waals surface area contributed by atoms with Gasteiger partial charge in [-0.05, 0) is 18.6 Å². The Morgan fingerprint density at radius 3 is 2.94 bits per heavy atom. The number of rotatable bonds is 5. The molecule has 0 aliphatic carbocycles. The van der Waals surface area contributed by atoms with Gasteiger partial charge in [-0.3, -0.25) is 4.79 Å².